The van der Waals surface area contributed by atoms with E-state index in [1.54, 1.807) is 11.1 Å². The molecule has 296 valence electrons. The van der Waals surface area contributed by atoms with E-state index in [0.29, 0.717) is 11.8 Å². The largest absolute Gasteiger partial charge is 0.228 e. The third kappa shape index (κ3) is 5.55. The summed E-state index contributed by atoms with van der Waals surface area (Å²) < 4.78 is 0. The normalized spacial score (nSPS) is 21.6. The van der Waals surface area contributed by atoms with Gasteiger partial charge < -0.3 is 0 Å². The molecule has 0 amide bonds. The smallest absolute Gasteiger partial charge is 0.160 e. The Morgan fingerprint density at radius 3 is 1.60 bits per heavy atom. The summed E-state index contributed by atoms with van der Waals surface area (Å²) in [6, 6.07) is 71.4. The lowest BCUT2D eigenvalue weighted by molar-refractivity contribution is -0.0398. The van der Waals surface area contributed by atoms with Crippen LogP contribution in [0.5, 0.6) is 0 Å². The highest BCUT2D eigenvalue weighted by Crippen LogP contribution is 2.70. The molecule has 4 fully saturated rings. The Kier molecular flexibility index (Phi) is 8.13. The van der Waals surface area contributed by atoms with E-state index in [9.17, 15) is 0 Å². The molecule has 0 radical (unpaired) electrons. The molecule has 9 aromatic rings. The van der Waals surface area contributed by atoms with E-state index in [1.165, 1.54) is 81.8 Å². The fourth-order valence-corrected chi connectivity index (χ4v) is 12.9. The van der Waals surface area contributed by atoms with Crippen molar-refractivity contribution in [1.82, 2.24) is 9.97 Å². The monoisotopic (exact) mass is 794 g/mol. The van der Waals surface area contributed by atoms with Crippen molar-refractivity contribution in [2.45, 2.75) is 37.5 Å². The van der Waals surface area contributed by atoms with Gasteiger partial charge in [0.25, 0.3) is 0 Å². The van der Waals surface area contributed by atoms with Gasteiger partial charge in [-0.15, -0.1) is 0 Å². The Labute approximate surface area is 364 Å². The third-order valence-electron chi connectivity index (χ3n) is 15.3. The molecule has 4 saturated carbocycles. The molecule has 4 bridgehead atoms. The van der Waals surface area contributed by atoms with E-state index in [4.69, 9.17) is 9.97 Å². The fraction of sp³-hybridized carbons (Fsp3) is 0.167. The van der Waals surface area contributed by atoms with Gasteiger partial charge in [0.05, 0.1) is 11.4 Å². The predicted octanol–water partition coefficient (Wildman–Crippen LogP) is 15.4. The topological polar surface area (TPSA) is 25.8 Å². The van der Waals surface area contributed by atoms with Crippen molar-refractivity contribution in [2.75, 3.05) is 0 Å². The zero-order chi connectivity index (χ0) is 40.8. The van der Waals surface area contributed by atoms with Crippen LogP contribution in [0.1, 0.15) is 43.2 Å². The summed E-state index contributed by atoms with van der Waals surface area (Å²) in [4.78, 5) is 10.5. The van der Waals surface area contributed by atoms with Crippen molar-refractivity contribution < 1.29 is 0 Å². The van der Waals surface area contributed by atoms with Gasteiger partial charge in [0.1, 0.15) is 0 Å². The first-order valence-electron chi connectivity index (χ1n) is 22.6. The zero-order valence-corrected chi connectivity index (χ0v) is 34.7. The highest BCUT2D eigenvalue weighted by Gasteiger charge is 2.61. The summed E-state index contributed by atoms with van der Waals surface area (Å²) in [6.07, 6.45) is 6.98. The van der Waals surface area contributed by atoms with Gasteiger partial charge in [-0.2, -0.15) is 0 Å². The standard InChI is InChI=1S/C60H46N2/c1-3-13-40(14-4-1)41-25-27-42(28-26-41)56-37-57(62-59(61-56)43-15-5-2-6-16-43)52-22-10-9-21-50(52)46-19-11-20-47(34-46)51-23-12-24-54-58(51)53-35-44-17-7-8-18-45(44)36-55(53)60(54)48-30-38-29-39(32-48)33-49(60)31-38/h1-28,34-39,48-49H,29-33H2. The number of aromatic nitrogens is 2. The number of nitrogens with zero attached hydrogens (tertiary/aromatic N) is 2. The Balaban J connectivity index is 0.948. The maximum absolute atomic E-state index is 5.30. The van der Waals surface area contributed by atoms with Crippen LogP contribution in [0.2, 0.25) is 0 Å². The average molecular weight is 795 g/mol. The summed E-state index contributed by atoms with van der Waals surface area (Å²) in [6.45, 7) is 0. The summed E-state index contributed by atoms with van der Waals surface area (Å²) in [5.41, 5.74) is 18.6. The Morgan fingerprint density at radius 1 is 0.339 bits per heavy atom. The molecule has 14 rings (SSSR count). The van der Waals surface area contributed by atoms with Crippen molar-refractivity contribution >= 4 is 10.8 Å². The third-order valence-corrected chi connectivity index (χ3v) is 15.3. The molecule has 5 aliphatic carbocycles. The number of hydrogen-bond acceptors (Lipinski definition) is 2. The summed E-state index contributed by atoms with van der Waals surface area (Å²) in [5, 5.41) is 2.71. The van der Waals surface area contributed by atoms with E-state index >= 15 is 0 Å². The minimum atomic E-state index is 0.103. The number of rotatable bonds is 6. The van der Waals surface area contributed by atoms with Crippen molar-refractivity contribution in [3.8, 4) is 78.4 Å². The highest BCUT2D eigenvalue weighted by atomic mass is 14.9. The lowest BCUT2D eigenvalue weighted by Gasteiger charge is -2.61. The second kappa shape index (κ2) is 14.1. The van der Waals surface area contributed by atoms with Gasteiger partial charge >= 0.3 is 0 Å². The van der Waals surface area contributed by atoms with Crippen molar-refractivity contribution in [1.29, 1.82) is 0 Å². The molecule has 5 aliphatic rings. The average Bonchev–Trinajstić information content (AvgIpc) is 3.62. The SMILES string of the molecule is c1ccc(-c2ccc(-c3cc(-c4ccccc4-c4cccc(-c5cccc6c5-c5cc7ccccc7cc5C65C6CC7CC(C6)CC5C7)c4)nc(-c4ccccc4)n3)cc2)cc1. The molecule has 0 atom stereocenters. The van der Waals surface area contributed by atoms with E-state index in [2.05, 4.69) is 188 Å². The quantitative estimate of drug-likeness (QED) is 0.168. The van der Waals surface area contributed by atoms with Gasteiger partial charge in [0.2, 0.25) is 0 Å². The first-order valence-corrected chi connectivity index (χ1v) is 22.6. The summed E-state index contributed by atoms with van der Waals surface area (Å²) >= 11 is 0. The first kappa shape index (κ1) is 35.8. The van der Waals surface area contributed by atoms with Crippen LogP contribution in [0.4, 0.5) is 0 Å². The van der Waals surface area contributed by atoms with Crippen molar-refractivity contribution in [3.63, 3.8) is 0 Å². The Bertz CT molecular complexity index is 3150. The molecular formula is C60H46N2. The lowest BCUT2D eigenvalue weighted by atomic mass is 9.43. The van der Waals surface area contributed by atoms with Crippen LogP contribution in [0.15, 0.2) is 194 Å². The molecule has 0 unspecified atom stereocenters. The predicted molar refractivity (Wildman–Crippen MR) is 255 cm³/mol. The Hall–Kier alpha value is -6.90. The molecule has 8 aromatic carbocycles. The van der Waals surface area contributed by atoms with E-state index in [1.807, 2.05) is 6.07 Å². The molecule has 0 N–H and O–H groups in total. The minimum Gasteiger partial charge on any atom is -0.228 e. The van der Waals surface area contributed by atoms with Crippen LogP contribution in [-0.2, 0) is 5.41 Å². The van der Waals surface area contributed by atoms with Crippen LogP contribution in [0, 0.1) is 23.7 Å². The molecule has 2 nitrogen and oxygen atoms in total. The van der Waals surface area contributed by atoms with Gasteiger partial charge in [-0.3, -0.25) is 0 Å². The fourth-order valence-electron chi connectivity index (χ4n) is 12.9. The van der Waals surface area contributed by atoms with E-state index < -0.39 is 0 Å². The van der Waals surface area contributed by atoms with Gasteiger partial charge in [-0.1, -0.05) is 170 Å². The molecule has 62 heavy (non-hydrogen) atoms. The van der Waals surface area contributed by atoms with Crippen molar-refractivity contribution in [3.05, 3.63) is 205 Å². The molecule has 1 aromatic heterocycles. The van der Waals surface area contributed by atoms with Gasteiger partial charge in [0.15, 0.2) is 5.82 Å². The van der Waals surface area contributed by atoms with Gasteiger partial charge in [-0.25, -0.2) is 9.97 Å². The van der Waals surface area contributed by atoms with Gasteiger partial charge in [-0.05, 0) is 146 Å². The molecule has 2 heteroatoms. The van der Waals surface area contributed by atoms with Crippen molar-refractivity contribution in [2.24, 2.45) is 23.7 Å². The second-order valence-electron chi connectivity index (χ2n) is 18.5. The number of hydrogen-bond donors (Lipinski definition) is 0. The second-order valence-corrected chi connectivity index (χ2v) is 18.5. The van der Waals surface area contributed by atoms with Crippen LogP contribution in [0.25, 0.3) is 89.2 Å². The maximum atomic E-state index is 5.30. The maximum Gasteiger partial charge on any atom is 0.160 e. The molecule has 1 spiro atoms. The summed E-state index contributed by atoms with van der Waals surface area (Å²) in [5.74, 6) is 3.97. The molecular weight excluding hydrogens is 749 g/mol. The Morgan fingerprint density at radius 2 is 0.871 bits per heavy atom. The lowest BCUT2D eigenvalue weighted by Crippen LogP contribution is -2.55. The van der Waals surface area contributed by atoms with Crippen LogP contribution >= 0.6 is 0 Å². The zero-order valence-electron chi connectivity index (χ0n) is 34.7. The van der Waals surface area contributed by atoms with Crippen LogP contribution in [0.3, 0.4) is 0 Å². The van der Waals surface area contributed by atoms with Crippen LogP contribution < -0.4 is 0 Å². The highest BCUT2D eigenvalue weighted by molar-refractivity contribution is 5.99. The van der Waals surface area contributed by atoms with E-state index in [-0.39, 0.29) is 5.41 Å². The molecule has 0 aliphatic heterocycles. The summed E-state index contributed by atoms with van der Waals surface area (Å²) in [7, 11) is 0. The van der Waals surface area contributed by atoms with Gasteiger partial charge in [0, 0.05) is 22.1 Å². The van der Waals surface area contributed by atoms with Crippen LogP contribution in [-0.4, -0.2) is 9.97 Å². The minimum absolute atomic E-state index is 0.103. The number of benzene rings is 8. The van der Waals surface area contributed by atoms with E-state index in [0.717, 1.165) is 51.3 Å². The number of fused-ring (bicyclic) bond motifs is 4. The first-order chi connectivity index (χ1) is 30.7. The molecule has 0 saturated heterocycles. The molecule has 1 heterocycles.